The first kappa shape index (κ1) is 19.8. The van der Waals surface area contributed by atoms with Gasteiger partial charge in [0.1, 0.15) is 11.4 Å². The normalized spacial score (nSPS) is 28.3. The highest BCUT2D eigenvalue weighted by atomic mass is 16.5. The van der Waals surface area contributed by atoms with Crippen LogP contribution in [0.1, 0.15) is 25.3 Å². The quantitative estimate of drug-likeness (QED) is 0.751. The molecule has 0 aliphatic carbocycles. The lowest BCUT2D eigenvalue weighted by Gasteiger charge is -2.23. The summed E-state index contributed by atoms with van der Waals surface area (Å²) in [5.41, 5.74) is 1.93. The number of nitrogens with zero attached hydrogens (tertiary/aromatic N) is 1. The standard InChI is InChI=1S/C25H26N2O4/c1-15(2)16-7-9-17(10-8-16)26-23(28)21-20-11-12-25(31-20)14-27(24(29)22(21)25)18-5-4-6-19(13-18)30-3/h4-13,15,20-22H,14H2,1-3H3,(H,26,28)/t20-,21-,22-,25+/m0/s1. The molecule has 0 saturated carbocycles. The Kier molecular flexibility index (Phi) is 4.63. The summed E-state index contributed by atoms with van der Waals surface area (Å²) in [5, 5.41) is 2.99. The zero-order chi connectivity index (χ0) is 21.8. The molecule has 2 aromatic carbocycles. The Morgan fingerprint density at radius 1 is 1.23 bits per heavy atom. The van der Waals surface area contributed by atoms with E-state index < -0.39 is 17.4 Å². The fraction of sp³-hybridized carbons (Fsp3) is 0.360. The van der Waals surface area contributed by atoms with Crippen LogP contribution < -0.4 is 15.0 Å². The van der Waals surface area contributed by atoms with Crippen LogP contribution in [0.15, 0.2) is 60.7 Å². The molecule has 2 bridgehead atoms. The van der Waals surface area contributed by atoms with E-state index in [0.29, 0.717) is 18.2 Å². The molecule has 5 rings (SSSR count). The van der Waals surface area contributed by atoms with E-state index in [-0.39, 0.29) is 17.9 Å². The highest BCUT2D eigenvalue weighted by molar-refractivity contribution is 6.05. The number of methoxy groups -OCH3 is 1. The molecule has 2 saturated heterocycles. The van der Waals surface area contributed by atoms with Crippen LogP contribution in [0.2, 0.25) is 0 Å². The lowest BCUT2D eigenvalue weighted by molar-refractivity contribution is -0.128. The van der Waals surface area contributed by atoms with Crippen molar-refractivity contribution in [3.63, 3.8) is 0 Å². The van der Waals surface area contributed by atoms with E-state index in [1.807, 2.05) is 60.7 Å². The second-order valence-corrected chi connectivity index (χ2v) is 8.79. The number of hydrogen-bond acceptors (Lipinski definition) is 4. The van der Waals surface area contributed by atoms with Gasteiger partial charge in [0.25, 0.3) is 0 Å². The minimum atomic E-state index is -0.756. The van der Waals surface area contributed by atoms with Gasteiger partial charge in [0.2, 0.25) is 11.8 Å². The summed E-state index contributed by atoms with van der Waals surface area (Å²) in [6.45, 7) is 4.65. The Labute approximate surface area is 181 Å². The van der Waals surface area contributed by atoms with Gasteiger partial charge in [0.15, 0.2) is 0 Å². The van der Waals surface area contributed by atoms with Crippen molar-refractivity contribution in [3.05, 3.63) is 66.2 Å². The van der Waals surface area contributed by atoms with Gasteiger partial charge in [0.05, 0.1) is 31.6 Å². The highest BCUT2D eigenvalue weighted by Gasteiger charge is 2.67. The van der Waals surface area contributed by atoms with Gasteiger partial charge in [-0.2, -0.15) is 0 Å². The average molecular weight is 418 g/mol. The zero-order valence-corrected chi connectivity index (χ0v) is 17.9. The minimum Gasteiger partial charge on any atom is -0.497 e. The fourth-order valence-electron chi connectivity index (χ4n) is 4.97. The zero-order valence-electron chi connectivity index (χ0n) is 17.9. The number of nitrogens with one attached hydrogen (secondary N) is 1. The molecule has 0 radical (unpaired) electrons. The lowest BCUT2D eigenvalue weighted by Crippen LogP contribution is -2.41. The monoisotopic (exact) mass is 418 g/mol. The van der Waals surface area contributed by atoms with Crippen molar-refractivity contribution >= 4 is 23.2 Å². The number of fused-ring (bicyclic) bond motifs is 1. The predicted molar refractivity (Wildman–Crippen MR) is 118 cm³/mol. The van der Waals surface area contributed by atoms with Gasteiger partial charge in [-0.15, -0.1) is 0 Å². The first-order valence-electron chi connectivity index (χ1n) is 10.7. The van der Waals surface area contributed by atoms with Crippen molar-refractivity contribution in [2.45, 2.75) is 31.5 Å². The Morgan fingerprint density at radius 2 is 2.00 bits per heavy atom. The van der Waals surface area contributed by atoms with Crippen molar-refractivity contribution in [1.29, 1.82) is 0 Å². The smallest absolute Gasteiger partial charge is 0.234 e. The molecular formula is C25H26N2O4. The van der Waals surface area contributed by atoms with Crippen LogP contribution >= 0.6 is 0 Å². The van der Waals surface area contributed by atoms with Crippen molar-refractivity contribution in [1.82, 2.24) is 0 Å². The molecule has 2 amide bonds. The van der Waals surface area contributed by atoms with E-state index in [1.165, 1.54) is 5.56 Å². The van der Waals surface area contributed by atoms with Crippen molar-refractivity contribution in [3.8, 4) is 5.75 Å². The number of hydrogen-bond donors (Lipinski definition) is 1. The molecule has 4 atom stereocenters. The van der Waals surface area contributed by atoms with Gasteiger partial charge in [0, 0.05) is 17.4 Å². The van der Waals surface area contributed by atoms with Gasteiger partial charge in [-0.05, 0) is 35.7 Å². The molecule has 3 aliphatic rings. The summed E-state index contributed by atoms with van der Waals surface area (Å²) in [7, 11) is 1.60. The van der Waals surface area contributed by atoms with E-state index in [4.69, 9.17) is 9.47 Å². The number of benzene rings is 2. The van der Waals surface area contributed by atoms with Gasteiger partial charge < -0.3 is 19.7 Å². The van der Waals surface area contributed by atoms with Gasteiger partial charge in [-0.25, -0.2) is 0 Å². The van der Waals surface area contributed by atoms with E-state index >= 15 is 0 Å². The largest absolute Gasteiger partial charge is 0.497 e. The Hall–Kier alpha value is -3.12. The Morgan fingerprint density at radius 3 is 2.71 bits per heavy atom. The molecule has 160 valence electrons. The van der Waals surface area contributed by atoms with Crippen LogP contribution in [0.25, 0.3) is 0 Å². The summed E-state index contributed by atoms with van der Waals surface area (Å²) in [5.74, 6) is -0.261. The molecule has 1 spiro atoms. The number of amides is 2. The maximum Gasteiger partial charge on any atom is 0.234 e. The number of ether oxygens (including phenoxy) is 2. The first-order chi connectivity index (χ1) is 14.9. The van der Waals surface area contributed by atoms with Crippen molar-refractivity contribution in [2.24, 2.45) is 11.8 Å². The van der Waals surface area contributed by atoms with E-state index in [2.05, 4.69) is 19.2 Å². The number of carbonyl (C=O) groups is 2. The first-order valence-corrected chi connectivity index (χ1v) is 10.7. The molecule has 2 fully saturated rings. The number of carbonyl (C=O) groups excluding carboxylic acids is 2. The summed E-state index contributed by atoms with van der Waals surface area (Å²) >= 11 is 0. The third-order valence-corrected chi connectivity index (χ3v) is 6.61. The SMILES string of the molecule is COc1cccc(N2C[C@@]34C=C[C@H](O3)[C@H](C(=O)Nc3ccc(C(C)C)cc3)[C@H]4C2=O)c1. The van der Waals surface area contributed by atoms with Crippen LogP contribution in [0.5, 0.6) is 5.75 Å². The molecule has 0 aromatic heterocycles. The van der Waals surface area contributed by atoms with Crippen LogP contribution in [0.4, 0.5) is 11.4 Å². The maximum atomic E-state index is 13.4. The molecule has 2 aromatic rings. The molecule has 1 N–H and O–H groups in total. The van der Waals surface area contributed by atoms with Gasteiger partial charge in [-0.1, -0.05) is 44.2 Å². The third kappa shape index (κ3) is 3.13. The topological polar surface area (TPSA) is 67.9 Å². The Balaban J connectivity index is 1.39. The van der Waals surface area contributed by atoms with Crippen molar-refractivity contribution in [2.75, 3.05) is 23.9 Å². The van der Waals surface area contributed by atoms with Gasteiger partial charge >= 0.3 is 0 Å². The summed E-state index contributed by atoms with van der Waals surface area (Å²) < 4.78 is 11.5. The molecule has 0 unspecified atom stereocenters. The Bertz CT molecular complexity index is 1060. The minimum absolute atomic E-state index is 0.0876. The summed E-state index contributed by atoms with van der Waals surface area (Å²) in [6, 6.07) is 15.3. The molecule has 3 aliphatic heterocycles. The van der Waals surface area contributed by atoms with Crippen LogP contribution in [0, 0.1) is 11.8 Å². The number of rotatable bonds is 5. The molecule has 6 heteroatoms. The highest BCUT2D eigenvalue weighted by Crippen LogP contribution is 2.53. The maximum absolute atomic E-state index is 13.4. The molecule has 6 nitrogen and oxygen atoms in total. The number of anilines is 2. The van der Waals surface area contributed by atoms with Crippen molar-refractivity contribution < 1.29 is 19.1 Å². The molecule has 31 heavy (non-hydrogen) atoms. The average Bonchev–Trinajstić information content (AvgIpc) is 3.42. The van der Waals surface area contributed by atoms with Gasteiger partial charge in [-0.3, -0.25) is 9.59 Å². The van der Waals surface area contributed by atoms with E-state index in [1.54, 1.807) is 12.0 Å². The molecular weight excluding hydrogens is 392 g/mol. The second-order valence-electron chi connectivity index (χ2n) is 8.79. The molecule has 3 heterocycles. The predicted octanol–water partition coefficient (Wildman–Crippen LogP) is 3.74. The summed E-state index contributed by atoms with van der Waals surface area (Å²) in [6.07, 6.45) is 3.50. The third-order valence-electron chi connectivity index (χ3n) is 6.61. The van der Waals surface area contributed by atoms with Crippen LogP contribution in [-0.4, -0.2) is 37.2 Å². The van der Waals surface area contributed by atoms with E-state index in [0.717, 1.165) is 11.4 Å². The van der Waals surface area contributed by atoms with Crippen LogP contribution in [0.3, 0.4) is 0 Å². The second kappa shape index (κ2) is 7.24. The lowest BCUT2D eigenvalue weighted by atomic mass is 9.76. The van der Waals surface area contributed by atoms with E-state index in [9.17, 15) is 9.59 Å². The summed E-state index contributed by atoms with van der Waals surface area (Å²) in [4.78, 5) is 28.4. The fourth-order valence-corrected chi connectivity index (χ4v) is 4.97. The van der Waals surface area contributed by atoms with Crippen LogP contribution in [-0.2, 0) is 14.3 Å².